The molecule has 4 rings (SSSR count). The number of rotatable bonds is 5. The fourth-order valence-electron chi connectivity index (χ4n) is 4.55. The minimum Gasteiger partial charge on any atom is -0.367 e. The second-order valence-corrected chi connectivity index (χ2v) is 8.27. The standard InChI is InChI=1S/C23H28N4O3/c28-23(18-9-5-2-6-10-18)26-15-13-19(14-16-26)24-21-12-11-20(27(29)30)22(25-21)17-7-3-1-4-8-17/h1,3-4,7-8,11-12,18-19H,2,5-6,9-10,13-16H2,(H,24,25). The maximum atomic E-state index is 12.8. The second kappa shape index (κ2) is 9.24. The Hall–Kier alpha value is -2.96. The monoisotopic (exact) mass is 408 g/mol. The van der Waals surface area contributed by atoms with Crippen molar-refractivity contribution in [3.05, 3.63) is 52.6 Å². The summed E-state index contributed by atoms with van der Waals surface area (Å²) in [5.74, 6) is 1.18. The molecule has 30 heavy (non-hydrogen) atoms. The molecule has 1 amide bonds. The third-order valence-electron chi connectivity index (χ3n) is 6.23. The lowest BCUT2D eigenvalue weighted by Crippen LogP contribution is -2.45. The van der Waals surface area contributed by atoms with E-state index in [-0.39, 0.29) is 17.6 Å². The summed E-state index contributed by atoms with van der Waals surface area (Å²) in [5.41, 5.74) is 1.09. The zero-order chi connectivity index (χ0) is 20.9. The summed E-state index contributed by atoms with van der Waals surface area (Å²) < 4.78 is 0. The van der Waals surface area contributed by atoms with Gasteiger partial charge in [0.15, 0.2) is 5.69 Å². The van der Waals surface area contributed by atoms with E-state index in [2.05, 4.69) is 10.3 Å². The highest BCUT2D eigenvalue weighted by Gasteiger charge is 2.29. The molecule has 2 heterocycles. The highest BCUT2D eigenvalue weighted by Crippen LogP contribution is 2.30. The SMILES string of the molecule is O=C(C1CCCCC1)N1CCC(Nc2ccc([N+](=O)[O-])c(-c3ccccc3)n2)CC1. The summed E-state index contributed by atoms with van der Waals surface area (Å²) in [4.78, 5) is 30.4. The number of hydrogen-bond donors (Lipinski definition) is 1. The van der Waals surface area contributed by atoms with Crippen molar-refractivity contribution in [3.8, 4) is 11.3 Å². The highest BCUT2D eigenvalue weighted by atomic mass is 16.6. The summed E-state index contributed by atoms with van der Waals surface area (Å²) in [7, 11) is 0. The Balaban J connectivity index is 1.40. The number of carbonyl (C=O) groups excluding carboxylic acids is 1. The summed E-state index contributed by atoms with van der Waals surface area (Å²) in [6.07, 6.45) is 7.38. The lowest BCUT2D eigenvalue weighted by molar-refractivity contribution is -0.384. The van der Waals surface area contributed by atoms with Gasteiger partial charge in [0.1, 0.15) is 5.82 Å². The van der Waals surface area contributed by atoms with E-state index in [1.54, 1.807) is 6.07 Å². The van der Waals surface area contributed by atoms with Gasteiger partial charge in [0.2, 0.25) is 5.91 Å². The van der Waals surface area contributed by atoms with Gasteiger partial charge in [-0.15, -0.1) is 0 Å². The second-order valence-electron chi connectivity index (χ2n) is 8.27. The predicted octanol–water partition coefficient (Wildman–Crippen LogP) is 4.64. The quantitative estimate of drug-likeness (QED) is 0.575. The number of nitrogens with one attached hydrogen (secondary N) is 1. The largest absolute Gasteiger partial charge is 0.367 e. The first-order valence-electron chi connectivity index (χ1n) is 10.9. The van der Waals surface area contributed by atoms with Crippen LogP contribution in [-0.4, -0.2) is 39.8 Å². The van der Waals surface area contributed by atoms with Gasteiger partial charge in [-0.05, 0) is 31.7 Å². The summed E-state index contributed by atoms with van der Waals surface area (Å²) in [6, 6.07) is 12.6. The molecule has 1 saturated carbocycles. The van der Waals surface area contributed by atoms with Gasteiger partial charge < -0.3 is 10.2 Å². The van der Waals surface area contributed by atoms with E-state index in [4.69, 9.17) is 0 Å². The first-order valence-corrected chi connectivity index (χ1v) is 10.9. The van der Waals surface area contributed by atoms with E-state index >= 15 is 0 Å². The molecule has 1 N–H and O–H groups in total. The van der Waals surface area contributed by atoms with Gasteiger partial charge in [0.25, 0.3) is 5.69 Å². The molecule has 0 radical (unpaired) electrons. The molecule has 1 aromatic carbocycles. The Morgan fingerprint density at radius 3 is 2.37 bits per heavy atom. The Morgan fingerprint density at radius 1 is 1.00 bits per heavy atom. The molecule has 0 bridgehead atoms. The summed E-state index contributed by atoms with van der Waals surface area (Å²) in [6.45, 7) is 1.51. The smallest absolute Gasteiger partial charge is 0.295 e. The fraction of sp³-hybridized carbons (Fsp3) is 0.478. The third-order valence-corrected chi connectivity index (χ3v) is 6.23. The molecular weight excluding hydrogens is 380 g/mol. The van der Waals surface area contributed by atoms with Crippen LogP contribution in [0.3, 0.4) is 0 Å². The minimum absolute atomic E-state index is 0.000326. The Morgan fingerprint density at radius 2 is 1.70 bits per heavy atom. The number of carbonyl (C=O) groups is 1. The molecule has 0 atom stereocenters. The number of amides is 1. The fourth-order valence-corrected chi connectivity index (χ4v) is 4.55. The first kappa shape index (κ1) is 20.3. The lowest BCUT2D eigenvalue weighted by Gasteiger charge is -2.35. The molecule has 0 spiro atoms. The maximum absolute atomic E-state index is 12.8. The van der Waals surface area contributed by atoms with E-state index in [0.717, 1.165) is 44.3 Å². The van der Waals surface area contributed by atoms with Crippen molar-refractivity contribution >= 4 is 17.4 Å². The molecule has 7 nitrogen and oxygen atoms in total. The summed E-state index contributed by atoms with van der Waals surface area (Å²) in [5, 5.41) is 14.9. The van der Waals surface area contributed by atoms with Crippen molar-refractivity contribution in [2.45, 2.75) is 51.0 Å². The average molecular weight is 409 g/mol. The molecule has 0 unspecified atom stereocenters. The van der Waals surface area contributed by atoms with Crippen molar-refractivity contribution in [2.75, 3.05) is 18.4 Å². The molecule has 1 aliphatic carbocycles. The van der Waals surface area contributed by atoms with Gasteiger partial charge in [-0.1, -0.05) is 49.6 Å². The Kier molecular flexibility index (Phi) is 6.26. The average Bonchev–Trinajstić information content (AvgIpc) is 2.80. The first-order chi connectivity index (χ1) is 14.6. The number of benzene rings is 1. The van der Waals surface area contributed by atoms with Gasteiger partial charge in [-0.25, -0.2) is 4.98 Å². The topological polar surface area (TPSA) is 88.4 Å². The van der Waals surface area contributed by atoms with Crippen molar-refractivity contribution in [1.29, 1.82) is 0 Å². The number of nitrogens with zero attached hydrogens (tertiary/aromatic N) is 3. The van der Waals surface area contributed by atoms with Gasteiger partial charge in [-0.3, -0.25) is 14.9 Å². The molecular formula is C23H28N4O3. The highest BCUT2D eigenvalue weighted by molar-refractivity contribution is 5.79. The molecule has 7 heteroatoms. The molecule has 2 aliphatic rings. The predicted molar refractivity (Wildman–Crippen MR) is 116 cm³/mol. The number of piperidine rings is 1. The van der Waals surface area contributed by atoms with Gasteiger partial charge in [0, 0.05) is 36.7 Å². The Labute approximate surface area is 176 Å². The van der Waals surface area contributed by atoms with Gasteiger partial charge in [0.05, 0.1) is 4.92 Å². The van der Waals surface area contributed by atoms with Crippen LogP contribution >= 0.6 is 0 Å². The van der Waals surface area contributed by atoms with Gasteiger partial charge >= 0.3 is 0 Å². The number of nitro groups is 1. The number of hydrogen-bond acceptors (Lipinski definition) is 5. The third kappa shape index (κ3) is 4.61. The van der Waals surface area contributed by atoms with Crippen LogP contribution in [0.25, 0.3) is 11.3 Å². The molecule has 2 fully saturated rings. The summed E-state index contributed by atoms with van der Waals surface area (Å²) >= 11 is 0. The zero-order valence-corrected chi connectivity index (χ0v) is 17.1. The number of likely N-dealkylation sites (tertiary alicyclic amines) is 1. The van der Waals surface area contributed by atoms with E-state index in [9.17, 15) is 14.9 Å². The van der Waals surface area contributed by atoms with E-state index < -0.39 is 4.92 Å². The molecule has 158 valence electrons. The Bertz CT molecular complexity index is 889. The van der Waals surface area contributed by atoms with Crippen molar-refractivity contribution in [2.24, 2.45) is 5.92 Å². The van der Waals surface area contributed by atoms with Crippen molar-refractivity contribution < 1.29 is 9.72 Å². The molecule has 1 aromatic heterocycles. The van der Waals surface area contributed by atoms with Crippen LogP contribution in [-0.2, 0) is 4.79 Å². The number of aromatic nitrogens is 1. The van der Waals surface area contributed by atoms with Crippen LogP contribution in [0.4, 0.5) is 11.5 Å². The number of anilines is 1. The lowest BCUT2D eigenvalue weighted by atomic mass is 9.87. The van der Waals surface area contributed by atoms with E-state index in [0.29, 0.717) is 17.4 Å². The van der Waals surface area contributed by atoms with Crippen LogP contribution in [0.2, 0.25) is 0 Å². The van der Waals surface area contributed by atoms with Crippen LogP contribution in [0, 0.1) is 16.0 Å². The normalized spacial score (nSPS) is 18.2. The van der Waals surface area contributed by atoms with E-state index in [1.807, 2.05) is 35.2 Å². The van der Waals surface area contributed by atoms with Crippen LogP contribution in [0.1, 0.15) is 44.9 Å². The van der Waals surface area contributed by atoms with Gasteiger partial charge in [-0.2, -0.15) is 0 Å². The van der Waals surface area contributed by atoms with E-state index in [1.165, 1.54) is 25.3 Å². The maximum Gasteiger partial charge on any atom is 0.295 e. The van der Waals surface area contributed by atoms with Crippen molar-refractivity contribution in [1.82, 2.24) is 9.88 Å². The minimum atomic E-state index is -0.394. The zero-order valence-electron chi connectivity index (χ0n) is 17.1. The van der Waals surface area contributed by atoms with Crippen LogP contribution < -0.4 is 5.32 Å². The molecule has 2 aromatic rings. The molecule has 1 aliphatic heterocycles. The van der Waals surface area contributed by atoms with Crippen molar-refractivity contribution in [3.63, 3.8) is 0 Å². The van der Waals surface area contributed by atoms with Crippen LogP contribution in [0.5, 0.6) is 0 Å². The number of pyridine rings is 1. The molecule has 1 saturated heterocycles. The van der Waals surface area contributed by atoms with Crippen LogP contribution in [0.15, 0.2) is 42.5 Å².